The van der Waals surface area contributed by atoms with Gasteiger partial charge >= 0.3 is 0 Å². The predicted octanol–water partition coefficient (Wildman–Crippen LogP) is 4.63. The van der Waals surface area contributed by atoms with E-state index in [9.17, 15) is 0 Å². The molecule has 0 aliphatic heterocycles. The molecule has 114 valence electrons. The summed E-state index contributed by atoms with van der Waals surface area (Å²) in [6, 6.07) is 8.17. The molecule has 0 aromatic heterocycles. The molecule has 0 heterocycles. The molecule has 20 heavy (non-hydrogen) atoms. The van der Waals surface area contributed by atoms with Crippen molar-refractivity contribution in [1.29, 1.82) is 0 Å². The highest BCUT2D eigenvalue weighted by atomic mass is 35.5. The van der Waals surface area contributed by atoms with Crippen LogP contribution >= 0.6 is 11.6 Å². The summed E-state index contributed by atoms with van der Waals surface area (Å²) in [7, 11) is 0. The molecule has 1 atom stereocenters. The lowest BCUT2D eigenvalue weighted by Crippen LogP contribution is -2.25. The van der Waals surface area contributed by atoms with Crippen LogP contribution in [0.15, 0.2) is 24.3 Å². The van der Waals surface area contributed by atoms with Crippen molar-refractivity contribution >= 4 is 11.6 Å². The van der Waals surface area contributed by atoms with Crippen molar-refractivity contribution in [2.75, 3.05) is 19.7 Å². The second kappa shape index (κ2) is 8.66. The first-order valence-electron chi connectivity index (χ1n) is 7.52. The maximum Gasteiger partial charge on any atom is 0.0598 e. The lowest BCUT2D eigenvalue weighted by Gasteiger charge is -2.23. The van der Waals surface area contributed by atoms with E-state index in [0.29, 0.717) is 5.92 Å². The minimum atomic E-state index is -0.0737. The molecule has 1 aromatic carbocycles. The third-order valence-corrected chi connectivity index (χ3v) is 3.37. The normalized spacial score (nSPS) is 13.4. The van der Waals surface area contributed by atoms with Crippen LogP contribution in [0.4, 0.5) is 0 Å². The van der Waals surface area contributed by atoms with Crippen molar-refractivity contribution in [3.05, 3.63) is 34.9 Å². The first-order valence-corrected chi connectivity index (χ1v) is 7.90. The summed E-state index contributed by atoms with van der Waals surface area (Å²) < 4.78 is 5.86. The van der Waals surface area contributed by atoms with Crippen LogP contribution in [0.3, 0.4) is 0 Å². The maximum atomic E-state index is 6.11. The highest BCUT2D eigenvalue weighted by molar-refractivity contribution is 6.30. The van der Waals surface area contributed by atoms with Gasteiger partial charge in [-0.25, -0.2) is 0 Å². The topological polar surface area (TPSA) is 21.3 Å². The van der Waals surface area contributed by atoms with E-state index in [1.807, 2.05) is 12.1 Å². The second-order valence-electron chi connectivity index (χ2n) is 6.21. The Morgan fingerprint density at radius 3 is 2.65 bits per heavy atom. The smallest absolute Gasteiger partial charge is 0.0598 e. The first kappa shape index (κ1) is 17.5. The van der Waals surface area contributed by atoms with Crippen molar-refractivity contribution in [3.8, 4) is 0 Å². The quantitative estimate of drug-likeness (QED) is 0.707. The fourth-order valence-corrected chi connectivity index (χ4v) is 2.31. The van der Waals surface area contributed by atoms with Gasteiger partial charge in [-0.1, -0.05) is 30.7 Å². The molecule has 0 amide bonds. The predicted molar refractivity (Wildman–Crippen MR) is 87.7 cm³/mol. The highest BCUT2D eigenvalue weighted by Crippen LogP contribution is 2.23. The van der Waals surface area contributed by atoms with Crippen LogP contribution in [-0.2, 0) is 4.74 Å². The molecule has 0 aliphatic rings. The molecule has 3 heteroatoms. The molecule has 0 bridgehead atoms. The van der Waals surface area contributed by atoms with Crippen LogP contribution in [0, 0.1) is 0 Å². The van der Waals surface area contributed by atoms with Gasteiger partial charge in [0.2, 0.25) is 0 Å². The molecule has 2 nitrogen and oxygen atoms in total. The van der Waals surface area contributed by atoms with Crippen LogP contribution in [0.25, 0.3) is 0 Å². The average Bonchev–Trinajstić information content (AvgIpc) is 2.36. The Balaban J connectivity index is 2.60. The Kier molecular flexibility index (Phi) is 7.57. The summed E-state index contributed by atoms with van der Waals surface area (Å²) in [5.74, 6) is 0.447. The Labute approximate surface area is 128 Å². The summed E-state index contributed by atoms with van der Waals surface area (Å²) in [5, 5.41) is 4.31. The number of nitrogens with one attached hydrogen (secondary N) is 1. The fourth-order valence-electron chi connectivity index (χ4n) is 2.11. The highest BCUT2D eigenvalue weighted by Gasteiger charge is 2.15. The number of halogens is 1. The average molecular weight is 298 g/mol. The molecule has 1 rings (SSSR count). The number of rotatable bonds is 8. The molecule has 1 N–H and O–H groups in total. The van der Waals surface area contributed by atoms with E-state index in [2.05, 4.69) is 45.1 Å². The number of ether oxygens (including phenoxy) is 1. The van der Waals surface area contributed by atoms with Gasteiger partial charge in [-0.05, 0) is 63.8 Å². The molecular formula is C17H28ClNO. The van der Waals surface area contributed by atoms with E-state index < -0.39 is 0 Å². The van der Waals surface area contributed by atoms with Crippen LogP contribution in [0.1, 0.15) is 52.0 Å². The molecule has 0 saturated heterocycles. The van der Waals surface area contributed by atoms with E-state index in [4.69, 9.17) is 16.3 Å². The Morgan fingerprint density at radius 2 is 2.05 bits per heavy atom. The Hall–Kier alpha value is -0.570. The van der Waals surface area contributed by atoms with E-state index in [-0.39, 0.29) is 5.60 Å². The number of benzene rings is 1. The summed E-state index contributed by atoms with van der Waals surface area (Å²) in [6.45, 7) is 11.3. The van der Waals surface area contributed by atoms with Gasteiger partial charge < -0.3 is 10.1 Å². The van der Waals surface area contributed by atoms with Crippen molar-refractivity contribution in [2.45, 2.75) is 52.1 Å². The molecule has 1 aromatic rings. The van der Waals surface area contributed by atoms with E-state index >= 15 is 0 Å². The first-order chi connectivity index (χ1) is 9.42. The number of hydrogen-bond acceptors (Lipinski definition) is 2. The molecule has 0 radical (unpaired) electrons. The third kappa shape index (κ3) is 7.28. The summed E-state index contributed by atoms with van der Waals surface area (Å²) in [6.07, 6.45) is 2.16. The minimum Gasteiger partial charge on any atom is -0.376 e. The van der Waals surface area contributed by atoms with Gasteiger partial charge in [-0.15, -0.1) is 0 Å². The Morgan fingerprint density at radius 1 is 1.30 bits per heavy atom. The van der Waals surface area contributed by atoms with Crippen molar-refractivity contribution < 1.29 is 4.74 Å². The van der Waals surface area contributed by atoms with Gasteiger partial charge in [0.15, 0.2) is 0 Å². The third-order valence-electron chi connectivity index (χ3n) is 3.14. The zero-order valence-corrected chi connectivity index (χ0v) is 14.0. The minimum absolute atomic E-state index is 0.0737. The van der Waals surface area contributed by atoms with Gasteiger partial charge in [0.25, 0.3) is 0 Å². The van der Waals surface area contributed by atoms with Crippen molar-refractivity contribution in [1.82, 2.24) is 5.32 Å². The molecule has 0 saturated carbocycles. The van der Waals surface area contributed by atoms with Gasteiger partial charge in [0.05, 0.1) is 5.60 Å². The van der Waals surface area contributed by atoms with E-state index in [1.165, 1.54) is 5.56 Å². The summed E-state index contributed by atoms with van der Waals surface area (Å²) >= 11 is 6.11. The largest absolute Gasteiger partial charge is 0.376 e. The molecular weight excluding hydrogens is 270 g/mol. The molecule has 1 unspecified atom stereocenters. The standard InChI is InChI=1S/C17H28ClNO/c1-5-10-19-13-15(9-11-20-17(2,3)4)14-7-6-8-16(18)12-14/h6-8,12,15,19H,5,9-11,13H2,1-4H3. The van der Waals surface area contributed by atoms with Crippen LogP contribution in [0.5, 0.6) is 0 Å². The van der Waals surface area contributed by atoms with Crippen LogP contribution < -0.4 is 5.32 Å². The monoisotopic (exact) mass is 297 g/mol. The summed E-state index contributed by atoms with van der Waals surface area (Å²) in [5.41, 5.74) is 1.22. The lowest BCUT2D eigenvalue weighted by molar-refractivity contribution is -0.00622. The van der Waals surface area contributed by atoms with Gasteiger partial charge in [-0.2, -0.15) is 0 Å². The van der Waals surface area contributed by atoms with Gasteiger partial charge in [0, 0.05) is 18.2 Å². The molecule has 0 aliphatic carbocycles. The molecule has 0 fully saturated rings. The lowest BCUT2D eigenvalue weighted by atomic mass is 9.96. The summed E-state index contributed by atoms with van der Waals surface area (Å²) in [4.78, 5) is 0. The second-order valence-corrected chi connectivity index (χ2v) is 6.64. The van der Waals surface area contributed by atoms with E-state index in [1.54, 1.807) is 0 Å². The van der Waals surface area contributed by atoms with Crippen LogP contribution in [0.2, 0.25) is 5.02 Å². The fraction of sp³-hybridized carbons (Fsp3) is 0.647. The SMILES string of the molecule is CCCNCC(CCOC(C)(C)C)c1cccc(Cl)c1. The zero-order valence-electron chi connectivity index (χ0n) is 13.2. The zero-order chi connectivity index (χ0) is 15.0. The maximum absolute atomic E-state index is 6.11. The Bertz CT molecular complexity index is 387. The number of hydrogen-bond donors (Lipinski definition) is 1. The van der Waals surface area contributed by atoms with Gasteiger partial charge in [-0.3, -0.25) is 0 Å². The van der Waals surface area contributed by atoms with Crippen molar-refractivity contribution in [2.24, 2.45) is 0 Å². The molecule has 0 spiro atoms. The van der Waals surface area contributed by atoms with Crippen LogP contribution in [-0.4, -0.2) is 25.3 Å². The van der Waals surface area contributed by atoms with Gasteiger partial charge in [0.1, 0.15) is 0 Å². The van der Waals surface area contributed by atoms with E-state index in [0.717, 1.165) is 37.6 Å². The van der Waals surface area contributed by atoms with Crippen molar-refractivity contribution in [3.63, 3.8) is 0 Å².